The van der Waals surface area contributed by atoms with E-state index in [-0.39, 0.29) is 12.5 Å². The number of nitrogens with one attached hydrogen (secondary N) is 1. The average molecular weight is 434 g/mol. The highest BCUT2D eigenvalue weighted by Crippen LogP contribution is 2.32. The Balaban J connectivity index is 1.48. The first-order valence-electron chi connectivity index (χ1n) is 10.4. The van der Waals surface area contributed by atoms with Gasteiger partial charge in [-0.1, -0.05) is 24.3 Å². The van der Waals surface area contributed by atoms with Gasteiger partial charge in [0, 0.05) is 23.2 Å². The first-order valence-corrected chi connectivity index (χ1v) is 10.4. The molecule has 0 bridgehead atoms. The van der Waals surface area contributed by atoms with Gasteiger partial charge >= 0.3 is 0 Å². The number of hydrogen-bond donors (Lipinski definition) is 3. The van der Waals surface area contributed by atoms with Gasteiger partial charge in [-0.05, 0) is 55.7 Å². The average Bonchev–Trinajstić information content (AvgIpc) is 3.06. The Hall–Kier alpha value is -3.49. The smallest absolute Gasteiger partial charge is 0.262 e. The van der Waals surface area contributed by atoms with Crippen molar-refractivity contribution in [2.45, 2.75) is 32.4 Å². The van der Waals surface area contributed by atoms with Crippen LogP contribution in [0.4, 0.5) is 0 Å². The van der Waals surface area contributed by atoms with E-state index in [9.17, 15) is 9.59 Å². The Kier molecular flexibility index (Phi) is 5.82. The van der Waals surface area contributed by atoms with Gasteiger partial charge in [-0.2, -0.15) is 0 Å². The zero-order chi connectivity index (χ0) is 22.9. The van der Waals surface area contributed by atoms with E-state index < -0.39 is 11.4 Å². The molecule has 1 unspecified atom stereocenters. The predicted molar refractivity (Wildman–Crippen MR) is 119 cm³/mol. The molecule has 1 saturated heterocycles. The molecule has 166 valence electrons. The zero-order valence-corrected chi connectivity index (χ0v) is 18.1. The molecule has 4 rings (SSSR count). The number of carbonyl (C=O) groups excluding carboxylic acids is 2. The minimum absolute atomic E-state index is 0.228. The number of aryl methyl sites for hydroxylation is 2. The molecule has 2 heterocycles. The van der Waals surface area contributed by atoms with Crippen LogP contribution in [0, 0.1) is 13.8 Å². The summed E-state index contributed by atoms with van der Waals surface area (Å²) in [4.78, 5) is 30.1. The minimum atomic E-state index is -1.20. The summed E-state index contributed by atoms with van der Waals surface area (Å²) >= 11 is 0. The molecule has 8 heteroatoms. The lowest BCUT2D eigenvalue weighted by atomic mass is 9.89. The lowest BCUT2D eigenvalue weighted by molar-refractivity contribution is -0.139. The summed E-state index contributed by atoms with van der Waals surface area (Å²) in [6.45, 7) is 4.51. The van der Waals surface area contributed by atoms with E-state index in [2.05, 4.69) is 23.2 Å². The van der Waals surface area contributed by atoms with E-state index in [1.165, 1.54) is 10.4 Å². The van der Waals surface area contributed by atoms with Gasteiger partial charge in [-0.15, -0.1) is 0 Å². The summed E-state index contributed by atoms with van der Waals surface area (Å²) in [5.74, 6) is -0.335. The van der Waals surface area contributed by atoms with E-state index >= 15 is 0 Å². The third-order valence-corrected chi connectivity index (χ3v) is 5.85. The Morgan fingerprint density at radius 2 is 1.97 bits per heavy atom. The molecule has 0 radical (unpaired) electrons. The maximum absolute atomic E-state index is 12.8. The summed E-state index contributed by atoms with van der Waals surface area (Å²) in [5, 5.41) is 9.75. The highest BCUT2D eigenvalue weighted by atomic mass is 16.5. The topological polar surface area (TPSA) is 118 Å². The van der Waals surface area contributed by atoms with E-state index in [4.69, 9.17) is 15.7 Å². The van der Waals surface area contributed by atoms with Gasteiger partial charge in [0.25, 0.3) is 5.91 Å². The van der Waals surface area contributed by atoms with Crippen LogP contribution in [-0.2, 0) is 21.7 Å². The van der Waals surface area contributed by atoms with E-state index in [0.29, 0.717) is 30.9 Å². The third kappa shape index (κ3) is 4.15. The number of benzene rings is 2. The van der Waals surface area contributed by atoms with Gasteiger partial charge in [0.2, 0.25) is 5.91 Å². The molecular formula is C24H26N4O4. The molecule has 2 aromatic carbocycles. The van der Waals surface area contributed by atoms with Gasteiger partial charge < -0.3 is 15.4 Å². The van der Waals surface area contributed by atoms with Gasteiger partial charge in [0.1, 0.15) is 24.4 Å². The molecule has 8 nitrogen and oxygen atoms in total. The molecule has 0 saturated carbocycles. The highest BCUT2D eigenvalue weighted by molar-refractivity contribution is 5.92. The van der Waals surface area contributed by atoms with Crippen molar-refractivity contribution in [2.75, 3.05) is 13.1 Å². The Labute approximate surface area is 186 Å². The van der Waals surface area contributed by atoms with Crippen molar-refractivity contribution in [2.24, 2.45) is 5.73 Å². The molecule has 1 aliphatic rings. The van der Waals surface area contributed by atoms with Gasteiger partial charge in [0.15, 0.2) is 0 Å². The number of amides is 2. The quantitative estimate of drug-likeness (QED) is 0.405. The summed E-state index contributed by atoms with van der Waals surface area (Å²) in [5.41, 5.74) is 11.5. The number of ether oxygens (including phenoxy) is 1. The number of hydroxylamine groups is 1. The number of carbonyl (C=O) groups is 2. The fourth-order valence-electron chi connectivity index (χ4n) is 4.12. The Morgan fingerprint density at radius 3 is 2.69 bits per heavy atom. The second-order valence-electron chi connectivity index (χ2n) is 8.24. The largest absolute Gasteiger partial charge is 0.489 e. The first kappa shape index (κ1) is 21.7. The maximum Gasteiger partial charge on any atom is 0.262 e. The van der Waals surface area contributed by atoms with Crippen LogP contribution in [-0.4, -0.2) is 40.0 Å². The fourth-order valence-corrected chi connectivity index (χ4v) is 4.12. The monoisotopic (exact) mass is 434 g/mol. The van der Waals surface area contributed by atoms with Gasteiger partial charge in [0.05, 0.1) is 5.52 Å². The van der Waals surface area contributed by atoms with Crippen LogP contribution in [0.3, 0.4) is 0 Å². The molecule has 1 aliphatic heterocycles. The van der Waals surface area contributed by atoms with Crippen LogP contribution in [0.15, 0.2) is 48.5 Å². The van der Waals surface area contributed by atoms with Crippen LogP contribution >= 0.6 is 0 Å². The maximum atomic E-state index is 12.8. The zero-order valence-electron chi connectivity index (χ0n) is 18.1. The Morgan fingerprint density at radius 1 is 1.22 bits per heavy atom. The Bertz CT molecular complexity index is 1170. The number of nitrogens with two attached hydrogens (primary N) is 1. The van der Waals surface area contributed by atoms with Crippen LogP contribution < -0.4 is 16.0 Å². The first-order chi connectivity index (χ1) is 15.3. The number of rotatable bonds is 6. The number of fused-ring (bicyclic) bond motifs is 1. The molecule has 3 aromatic rings. The summed E-state index contributed by atoms with van der Waals surface area (Å²) in [7, 11) is 0. The van der Waals surface area contributed by atoms with Gasteiger partial charge in [-0.25, -0.2) is 5.48 Å². The van der Waals surface area contributed by atoms with Crippen molar-refractivity contribution in [3.05, 3.63) is 70.9 Å². The number of likely N-dealkylation sites (tertiary alicyclic amines) is 1. The van der Waals surface area contributed by atoms with Crippen molar-refractivity contribution in [1.29, 1.82) is 0 Å². The van der Waals surface area contributed by atoms with Crippen LogP contribution in [0.1, 0.15) is 28.8 Å². The van der Waals surface area contributed by atoms with Crippen LogP contribution in [0.2, 0.25) is 0 Å². The predicted octanol–water partition coefficient (Wildman–Crippen LogP) is 2.32. The number of hydrogen-bond acceptors (Lipinski definition) is 6. The number of aromatic nitrogens is 1. The molecule has 1 fully saturated rings. The van der Waals surface area contributed by atoms with E-state index in [1.807, 2.05) is 19.9 Å². The molecule has 1 atom stereocenters. The SMILES string of the molecule is Cc1ccc2c(COc3ccc(C4(N)CCN(CC(=O)NO)C4=O)cc3)cc(C)nc2c1. The van der Waals surface area contributed by atoms with Crippen molar-refractivity contribution in [3.8, 4) is 5.75 Å². The summed E-state index contributed by atoms with van der Waals surface area (Å²) in [6, 6.07) is 15.4. The summed E-state index contributed by atoms with van der Waals surface area (Å²) in [6.07, 6.45) is 0.381. The van der Waals surface area contributed by atoms with E-state index in [0.717, 1.165) is 27.7 Å². The van der Waals surface area contributed by atoms with E-state index in [1.54, 1.807) is 24.3 Å². The van der Waals surface area contributed by atoms with Crippen molar-refractivity contribution in [3.63, 3.8) is 0 Å². The molecule has 0 spiro atoms. The van der Waals surface area contributed by atoms with Crippen LogP contribution in [0.5, 0.6) is 5.75 Å². The molecular weight excluding hydrogens is 408 g/mol. The van der Waals surface area contributed by atoms with Crippen molar-refractivity contribution in [1.82, 2.24) is 15.4 Å². The third-order valence-electron chi connectivity index (χ3n) is 5.85. The number of pyridine rings is 1. The molecule has 1 aromatic heterocycles. The fraction of sp³-hybridized carbons (Fsp3) is 0.292. The lowest BCUT2D eigenvalue weighted by Crippen LogP contribution is -2.47. The normalized spacial score (nSPS) is 18.2. The second kappa shape index (κ2) is 8.57. The standard InChI is InChI=1S/C24H26N4O4/c1-15-3-8-20-17(12-16(2)26-21(20)11-15)14-32-19-6-4-18(5-7-19)24(25)9-10-28(23(24)30)13-22(29)27-31/h3-8,11-12,31H,9-10,13-14,25H2,1-2H3,(H,27,29). The molecule has 32 heavy (non-hydrogen) atoms. The van der Waals surface area contributed by atoms with Crippen LogP contribution in [0.25, 0.3) is 10.9 Å². The lowest BCUT2D eigenvalue weighted by Gasteiger charge is -2.23. The van der Waals surface area contributed by atoms with Gasteiger partial charge in [-0.3, -0.25) is 19.8 Å². The molecule has 2 amide bonds. The molecule has 4 N–H and O–H groups in total. The minimum Gasteiger partial charge on any atom is -0.489 e. The highest BCUT2D eigenvalue weighted by Gasteiger charge is 2.45. The van der Waals surface area contributed by atoms with Crippen molar-refractivity contribution >= 4 is 22.7 Å². The molecule has 0 aliphatic carbocycles. The second-order valence-corrected chi connectivity index (χ2v) is 8.24. The summed E-state index contributed by atoms with van der Waals surface area (Å²) < 4.78 is 6.01. The number of nitrogens with zero attached hydrogens (tertiary/aromatic N) is 2. The van der Waals surface area contributed by atoms with Crippen molar-refractivity contribution < 1.29 is 19.5 Å².